The van der Waals surface area contributed by atoms with Crippen molar-refractivity contribution in [3.05, 3.63) is 0 Å². The van der Waals surface area contributed by atoms with Gasteiger partial charge in [-0.15, -0.1) is 0 Å². The van der Waals surface area contributed by atoms with Crippen LogP contribution in [-0.2, 0) is 19.2 Å². The van der Waals surface area contributed by atoms with Gasteiger partial charge in [-0.25, -0.2) is 0 Å². The van der Waals surface area contributed by atoms with E-state index in [4.69, 9.17) is 0 Å². The standard InChI is InChI=1S/C27H50N4O8.5C2H6/c1-5-9-21(25(34)35)29-14-12-28(20(8-4)24(32)33)13-15-30(22(10-6-2)26(36)37)17-19-31(18-16-29)23(11-7-3)27(38)39;5*1-2/h20-23H,5-19H2,1-4H3,(H,32,33)(H,34,35)(H,36,37)(H,38,39);5*1-2H3. The highest BCUT2D eigenvalue weighted by Crippen LogP contribution is 2.16. The molecule has 0 aliphatic carbocycles. The summed E-state index contributed by atoms with van der Waals surface area (Å²) in [5.41, 5.74) is 0. The predicted molar refractivity (Wildman–Crippen MR) is 204 cm³/mol. The summed E-state index contributed by atoms with van der Waals surface area (Å²) in [7, 11) is 0. The Kier molecular flexibility index (Phi) is 44.1. The Labute approximate surface area is 301 Å². The fourth-order valence-electron chi connectivity index (χ4n) is 5.52. The highest BCUT2D eigenvalue weighted by atomic mass is 16.4. The maximum absolute atomic E-state index is 12.2. The second kappa shape index (κ2) is 38.5. The van der Waals surface area contributed by atoms with E-state index < -0.39 is 48.0 Å². The van der Waals surface area contributed by atoms with E-state index in [0.717, 1.165) is 0 Å². The van der Waals surface area contributed by atoms with Gasteiger partial charge in [0.15, 0.2) is 0 Å². The van der Waals surface area contributed by atoms with Gasteiger partial charge < -0.3 is 20.4 Å². The predicted octanol–water partition coefficient (Wildman–Crippen LogP) is 6.96. The molecule has 4 unspecified atom stereocenters. The first-order chi connectivity index (χ1) is 23.5. The van der Waals surface area contributed by atoms with Crippen LogP contribution in [0.25, 0.3) is 0 Å². The number of hydrogen-bond donors (Lipinski definition) is 4. The number of hydrogen-bond acceptors (Lipinski definition) is 8. The van der Waals surface area contributed by atoms with Crippen molar-refractivity contribution < 1.29 is 39.6 Å². The quantitative estimate of drug-likeness (QED) is 0.139. The molecule has 0 aromatic carbocycles. The number of carboxylic acid groups (broad SMARTS) is 4. The largest absolute Gasteiger partial charge is 0.480 e. The first-order valence-electron chi connectivity index (χ1n) is 19.4. The topological polar surface area (TPSA) is 162 Å². The van der Waals surface area contributed by atoms with E-state index in [1.165, 1.54) is 0 Å². The number of aliphatic carboxylic acids is 4. The van der Waals surface area contributed by atoms with E-state index in [-0.39, 0.29) is 0 Å². The van der Waals surface area contributed by atoms with E-state index in [9.17, 15) is 39.6 Å². The van der Waals surface area contributed by atoms with Crippen molar-refractivity contribution in [3.8, 4) is 0 Å². The summed E-state index contributed by atoms with van der Waals surface area (Å²) in [4.78, 5) is 56.0. The Morgan fingerprint density at radius 2 is 0.551 bits per heavy atom. The van der Waals surface area contributed by atoms with E-state index in [1.54, 1.807) is 6.92 Å². The van der Waals surface area contributed by atoms with Crippen LogP contribution in [-0.4, -0.2) is 140 Å². The highest BCUT2D eigenvalue weighted by molar-refractivity contribution is 5.75. The highest BCUT2D eigenvalue weighted by Gasteiger charge is 2.33. The molecule has 0 bridgehead atoms. The molecule has 296 valence electrons. The lowest BCUT2D eigenvalue weighted by Crippen LogP contribution is -2.56. The van der Waals surface area contributed by atoms with Crippen molar-refractivity contribution in [2.45, 2.75) is 166 Å². The molecule has 12 nitrogen and oxygen atoms in total. The molecule has 1 rings (SSSR count). The van der Waals surface area contributed by atoms with Gasteiger partial charge in [0.1, 0.15) is 24.2 Å². The summed E-state index contributed by atoms with van der Waals surface area (Å²) in [6.07, 6.45) is 3.60. The molecule has 0 radical (unpaired) electrons. The minimum Gasteiger partial charge on any atom is -0.480 e. The Bertz CT molecular complexity index is 748. The third-order valence-corrected chi connectivity index (χ3v) is 7.67. The van der Waals surface area contributed by atoms with Gasteiger partial charge in [0.25, 0.3) is 0 Å². The molecule has 49 heavy (non-hydrogen) atoms. The van der Waals surface area contributed by atoms with Crippen LogP contribution in [0.1, 0.15) is 142 Å². The SMILES string of the molecule is CC.CC.CC.CC.CC.CCCC(C(=O)O)N1CCN(C(CC)C(=O)O)CCN(C(CCC)C(=O)O)CCN(C(CCC)C(=O)O)CC1. The molecule has 0 spiro atoms. The average Bonchev–Trinajstić information content (AvgIpc) is 3.11. The van der Waals surface area contributed by atoms with E-state index in [1.807, 2.05) is 110 Å². The van der Waals surface area contributed by atoms with Gasteiger partial charge in [-0.05, 0) is 25.7 Å². The van der Waals surface area contributed by atoms with Crippen LogP contribution in [0.15, 0.2) is 0 Å². The molecule has 1 saturated heterocycles. The van der Waals surface area contributed by atoms with Crippen molar-refractivity contribution in [1.82, 2.24) is 19.6 Å². The van der Waals surface area contributed by atoms with Crippen LogP contribution in [0.2, 0.25) is 0 Å². The zero-order valence-corrected chi connectivity index (χ0v) is 34.1. The first-order valence-corrected chi connectivity index (χ1v) is 19.4. The fraction of sp³-hybridized carbons (Fsp3) is 0.892. The van der Waals surface area contributed by atoms with Crippen LogP contribution >= 0.6 is 0 Å². The maximum Gasteiger partial charge on any atom is 0.320 e. The van der Waals surface area contributed by atoms with Gasteiger partial charge in [-0.2, -0.15) is 0 Å². The van der Waals surface area contributed by atoms with Gasteiger partial charge in [0.05, 0.1) is 0 Å². The third kappa shape index (κ3) is 23.7. The molecule has 0 aromatic heterocycles. The molecule has 1 fully saturated rings. The lowest BCUT2D eigenvalue weighted by molar-refractivity contribution is -0.148. The number of nitrogens with zero attached hydrogens (tertiary/aromatic N) is 4. The molecule has 4 N–H and O–H groups in total. The molecule has 0 saturated carbocycles. The zero-order chi connectivity index (χ0) is 39.5. The lowest BCUT2D eigenvalue weighted by Gasteiger charge is -2.39. The minimum atomic E-state index is -0.968. The summed E-state index contributed by atoms with van der Waals surface area (Å²) in [5, 5.41) is 39.8. The van der Waals surface area contributed by atoms with Crippen LogP contribution in [0, 0.1) is 0 Å². The first kappa shape index (κ1) is 56.1. The normalized spacial score (nSPS) is 17.1. The molecule has 4 atom stereocenters. The molecule has 1 aliphatic heterocycles. The van der Waals surface area contributed by atoms with Gasteiger partial charge in [0, 0.05) is 52.4 Å². The molecule has 0 amide bonds. The van der Waals surface area contributed by atoms with Crippen molar-refractivity contribution >= 4 is 23.9 Å². The molecule has 1 aliphatic rings. The fourth-order valence-corrected chi connectivity index (χ4v) is 5.52. The van der Waals surface area contributed by atoms with Crippen LogP contribution in [0.5, 0.6) is 0 Å². The second-order valence-electron chi connectivity index (χ2n) is 10.3. The summed E-state index contributed by atoms with van der Waals surface area (Å²) in [5.74, 6) is -3.83. The Morgan fingerprint density at radius 3 is 0.673 bits per heavy atom. The maximum atomic E-state index is 12.2. The van der Waals surface area contributed by atoms with Crippen molar-refractivity contribution in [3.63, 3.8) is 0 Å². The van der Waals surface area contributed by atoms with Gasteiger partial charge in [0.2, 0.25) is 0 Å². The minimum absolute atomic E-state index is 0.301. The number of carbonyl (C=O) groups is 4. The van der Waals surface area contributed by atoms with Gasteiger partial charge >= 0.3 is 23.9 Å². The zero-order valence-electron chi connectivity index (χ0n) is 34.1. The summed E-state index contributed by atoms with van der Waals surface area (Å²) < 4.78 is 0. The van der Waals surface area contributed by atoms with Crippen molar-refractivity contribution in [2.75, 3.05) is 52.4 Å². The lowest BCUT2D eigenvalue weighted by atomic mass is 10.1. The number of rotatable bonds is 15. The molecular weight excluding hydrogens is 628 g/mol. The Morgan fingerprint density at radius 1 is 0.388 bits per heavy atom. The molecule has 0 aromatic rings. The third-order valence-electron chi connectivity index (χ3n) is 7.67. The number of carboxylic acids is 4. The van der Waals surface area contributed by atoms with E-state index in [0.29, 0.717) is 97.3 Å². The summed E-state index contributed by atoms with van der Waals surface area (Å²) in [6.45, 7) is 30.0. The molecule has 12 heteroatoms. The van der Waals surface area contributed by atoms with Crippen LogP contribution in [0.4, 0.5) is 0 Å². The van der Waals surface area contributed by atoms with Crippen LogP contribution in [0.3, 0.4) is 0 Å². The van der Waals surface area contributed by atoms with Gasteiger partial charge in [-0.3, -0.25) is 38.8 Å². The van der Waals surface area contributed by atoms with Crippen molar-refractivity contribution in [2.24, 2.45) is 0 Å². The van der Waals surface area contributed by atoms with Crippen molar-refractivity contribution in [1.29, 1.82) is 0 Å². The van der Waals surface area contributed by atoms with Crippen LogP contribution < -0.4 is 0 Å². The average molecular weight is 709 g/mol. The molecule has 1 heterocycles. The summed E-state index contributed by atoms with van der Waals surface area (Å²) >= 11 is 0. The summed E-state index contributed by atoms with van der Waals surface area (Å²) in [6, 6.07) is -3.08. The smallest absolute Gasteiger partial charge is 0.320 e. The molecular formula is C37H80N4O8. The monoisotopic (exact) mass is 709 g/mol. The second-order valence-corrected chi connectivity index (χ2v) is 10.3. The Balaban J connectivity index is -0.000000588. The van der Waals surface area contributed by atoms with E-state index in [2.05, 4.69) is 0 Å². The van der Waals surface area contributed by atoms with E-state index >= 15 is 0 Å². The Hall–Kier alpha value is -2.28. The van der Waals surface area contributed by atoms with Gasteiger partial charge in [-0.1, -0.05) is 116 Å².